The lowest BCUT2D eigenvalue weighted by Gasteiger charge is -2.22. The number of nitrogens with zero attached hydrogens (tertiary/aromatic N) is 11. The molecule has 6 heterocycles. The second-order valence-electron chi connectivity index (χ2n) is 17.7. The van der Waals surface area contributed by atoms with Gasteiger partial charge >= 0.3 is 15.6 Å². The van der Waals surface area contributed by atoms with Crippen molar-refractivity contribution in [1.82, 2.24) is 59.3 Å². The lowest BCUT2D eigenvalue weighted by molar-refractivity contribution is -0.0550. The summed E-state index contributed by atoms with van der Waals surface area (Å²) >= 11 is 0. The third-order valence-electron chi connectivity index (χ3n) is 10.8. The van der Waals surface area contributed by atoms with Crippen LogP contribution in [-0.2, 0) is 51.7 Å². The van der Waals surface area contributed by atoms with Crippen molar-refractivity contribution in [3.05, 3.63) is 118 Å². The first-order chi connectivity index (χ1) is 36.5. The summed E-state index contributed by atoms with van der Waals surface area (Å²) in [6.45, 7) is 10.4. The van der Waals surface area contributed by atoms with E-state index >= 15 is 0 Å². The molecule has 0 aliphatic heterocycles. The third kappa shape index (κ3) is 16.4. The molecule has 2 aromatic carbocycles. The minimum atomic E-state index is -5.73. The van der Waals surface area contributed by atoms with Crippen molar-refractivity contribution in [3.8, 4) is 23.2 Å². The number of aliphatic hydroxyl groups is 2. The number of nitrogen functional groups attached to an aromatic ring is 2. The molecule has 6 aromatic heterocycles. The fraction of sp³-hybridized carbons (Fsp3) is 0.404. The van der Waals surface area contributed by atoms with Crippen molar-refractivity contribution >= 4 is 33.3 Å². The molecule has 0 aliphatic rings. The van der Waals surface area contributed by atoms with Gasteiger partial charge in [-0.15, -0.1) is 10.2 Å². The van der Waals surface area contributed by atoms with Crippen LogP contribution < -0.4 is 16.8 Å². The van der Waals surface area contributed by atoms with Crippen molar-refractivity contribution in [1.29, 1.82) is 0 Å². The van der Waals surface area contributed by atoms with Gasteiger partial charge in [0.25, 0.3) is 6.43 Å². The Morgan fingerprint density at radius 3 is 1.60 bits per heavy atom. The molecule has 0 atom stereocenters. The summed E-state index contributed by atoms with van der Waals surface area (Å²) in [5.41, 5.74) is 11.8. The SMILES string of the molecule is Cc1c(-c2ncco2)nc(N)n2nc(CN(Cc3ccc(C(C)(C)O)cc3)CC(F)F)nc12.Cc1c(-c2ncco2)nc(N)n2nc(CNCc3ccc(C(C)(C)O)cc3)nc12.O=S(=O)(OCCC(F)F)C(F)(F)F.[2H]CF. The van der Waals surface area contributed by atoms with E-state index in [1.807, 2.05) is 43.3 Å². The maximum Gasteiger partial charge on any atom is 0.523 e. The Morgan fingerprint density at radius 2 is 1.18 bits per heavy atom. The van der Waals surface area contributed by atoms with E-state index in [1.165, 1.54) is 27.8 Å². The standard InChI is InChI=1S/C22H25F2N7O2.C20H23N7O2.C4H5F5O3S.CH3F/c1-13-18(20-26-8-9-33-20)28-21(25)31-19(13)27-17(29-31)12-30(11-16(23)24)10-14-4-6-15(7-5-14)22(2,3)32;1-12-16(18-23-8-9-29-18)25-19(21)27-17(12)24-15(26-27)11-22-10-13-4-6-14(7-5-13)20(2,3)28;5-3(6)1-2-12-13(10,11)4(7,8)9;1-2/h4-9,16,32H,10-12H2,1-3H3,(H2,25,28);4-9,22,28H,10-11H2,1-3H3,(H2,21,25);3H,1-2H2;1H3/i;;;1D. The molecule has 0 spiro atoms. The zero-order chi connectivity index (χ0) is 57.8. The van der Waals surface area contributed by atoms with Gasteiger partial charge in [-0.25, -0.2) is 47.5 Å². The summed E-state index contributed by atoms with van der Waals surface area (Å²) in [7, 11) is -6.73. The highest BCUT2D eigenvalue weighted by molar-refractivity contribution is 7.87. The first kappa shape index (κ1) is 59.0. The first-order valence-corrected chi connectivity index (χ1v) is 24.2. The molecule has 21 nitrogen and oxygen atoms in total. The molecule has 0 aliphatic carbocycles. The van der Waals surface area contributed by atoms with Gasteiger partial charge in [0.15, 0.2) is 22.9 Å². The Balaban J connectivity index is 0.000000227. The molecule has 0 radical (unpaired) electrons. The fourth-order valence-electron chi connectivity index (χ4n) is 6.98. The Morgan fingerprint density at radius 1 is 0.727 bits per heavy atom. The van der Waals surface area contributed by atoms with Gasteiger partial charge in [-0.3, -0.25) is 13.5 Å². The molecule has 0 saturated carbocycles. The molecule has 77 heavy (non-hydrogen) atoms. The van der Waals surface area contributed by atoms with Crippen LogP contribution in [0.1, 0.15) is 80.5 Å². The molecule has 0 amide bonds. The van der Waals surface area contributed by atoms with Gasteiger partial charge in [-0.05, 0) is 63.8 Å². The van der Waals surface area contributed by atoms with Crippen molar-refractivity contribution < 1.29 is 68.1 Å². The third-order valence-corrected chi connectivity index (χ3v) is 11.8. The number of anilines is 2. The Kier molecular flexibility index (Phi) is 19.7. The summed E-state index contributed by atoms with van der Waals surface area (Å²) in [6, 6.07) is 15.1. The highest BCUT2D eigenvalue weighted by Crippen LogP contribution is 2.28. The number of nitrogens with one attached hydrogen (secondary N) is 1. The maximum absolute atomic E-state index is 13.3. The van der Waals surface area contributed by atoms with Crippen LogP contribution in [0.5, 0.6) is 0 Å². The monoisotopic (exact) mass is 1110 g/mol. The second kappa shape index (κ2) is 25.7. The minimum Gasteiger partial charge on any atom is -0.443 e. The number of hydrogen-bond acceptors (Lipinski definition) is 19. The molecule has 0 bridgehead atoms. The van der Waals surface area contributed by atoms with Crippen LogP contribution in [0.25, 0.3) is 34.5 Å². The molecule has 8 rings (SSSR count). The van der Waals surface area contributed by atoms with Crippen LogP contribution in [0, 0.1) is 13.8 Å². The zero-order valence-electron chi connectivity index (χ0n) is 43.2. The van der Waals surface area contributed by atoms with Gasteiger partial charge in [0.2, 0.25) is 30.1 Å². The highest BCUT2D eigenvalue weighted by atomic mass is 32.2. The number of aromatic nitrogens is 10. The number of benzene rings is 2. The van der Waals surface area contributed by atoms with Gasteiger partial charge in [0.05, 0.1) is 58.4 Å². The summed E-state index contributed by atoms with van der Waals surface area (Å²) in [6.07, 6.45) is -0.500. The van der Waals surface area contributed by atoms with Crippen molar-refractivity contribution in [3.63, 3.8) is 0 Å². The topological polar surface area (TPSA) is 289 Å². The van der Waals surface area contributed by atoms with E-state index in [0.29, 0.717) is 64.8 Å². The summed E-state index contributed by atoms with van der Waals surface area (Å²) < 4.78 is 136. The average Bonchev–Trinajstić information content (AvgIpc) is 4.24. The van der Waals surface area contributed by atoms with Crippen LogP contribution in [0.3, 0.4) is 0 Å². The summed E-state index contributed by atoms with van der Waals surface area (Å²) in [5.74, 6) is 1.96. The molecular formula is C47H56F8N14O7S. The van der Waals surface area contributed by atoms with Gasteiger partial charge in [0.1, 0.15) is 23.9 Å². The quantitative estimate of drug-likeness (QED) is 0.0317. The number of aryl methyl sites for hydroxylation is 2. The molecule has 8 aromatic rings. The molecule has 0 saturated heterocycles. The lowest BCUT2D eigenvalue weighted by atomic mass is 9.97. The van der Waals surface area contributed by atoms with Crippen molar-refractivity contribution in [2.24, 2.45) is 0 Å². The maximum atomic E-state index is 13.3. The van der Waals surface area contributed by atoms with Crippen LogP contribution in [-0.4, -0.2) is 111 Å². The zero-order valence-corrected chi connectivity index (χ0v) is 43.0. The van der Waals surface area contributed by atoms with Crippen molar-refractivity contribution in [2.45, 2.75) is 104 Å². The van der Waals surface area contributed by atoms with E-state index in [1.54, 1.807) is 57.8 Å². The van der Waals surface area contributed by atoms with Crippen molar-refractivity contribution in [2.75, 3.05) is 31.8 Å². The van der Waals surface area contributed by atoms with Gasteiger partial charge in [-0.1, -0.05) is 48.5 Å². The van der Waals surface area contributed by atoms with E-state index in [4.69, 9.17) is 21.7 Å². The largest absolute Gasteiger partial charge is 0.523 e. The van der Waals surface area contributed by atoms with Gasteiger partial charge in [0, 0.05) is 30.6 Å². The predicted molar refractivity (Wildman–Crippen MR) is 263 cm³/mol. The van der Waals surface area contributed by atoms with Crippen LogP contribution in [0.2, 0.25) is 0 Å². The summed E-state index contributed by atoms with van der Waals surface area (Å²) in [4.78, 5) is 27.6. The van der Waals surface area contributed by atoms with Crippen LogP contribution in [0.15, 0.2) is 82.3 Å². The molecule has 0 unspecified atom stereocenters. The number of oxazole rings is 2. The van der Waals surface area contributed by atoms with Crippen LogP contribution in [0.4, 0.5) is 47.0 Å². The molecule has 418 valence electrons. The van der Waals surface area contributed by atoms with E-state index < -0.39 is 66.4 Å². The molecule has 7 N–H and O–H groups in total. The smallest absolute Gasteiger partial charge is 0.443 e. The highest BCUT2D eigenvalue weighted by Gasteiger charge is 2.47. The van der Waals surface area contributed by atoms with E-state index in [0.717, 1.165) is 27.8 Å². The van der Waals surface area contributed by atoms with Gasteiger partial charge in [-0.2, -0.15) is 30.6 Å². The molecule has 30 heteroatoms. The van der Waals surface area contributed by atoms with E-state index in [-0.39, 0.29) is 25.0 Å². The lowest BCUT2D eigenvalue weighted by Crippen LogP contribution is -2.28. The normalized spacial score (nSPS) is 12.4. The fourth-order valence-corrected chi connectivity index (χ4v) is 7.43. The summed E-state index contributed by atoms with van der Waals surface area (Å²) in [5, 5.41) is 32.3. The molecule has 0 fully saturated rings. The Bertz CT molecular complexity index is 3270. The van der Waals surface area contributed by atoms with Gasteiger partial charge < -0.3 is 35.8 Å². The second-order valence-corrected chi connectivity index (χ2v) is 19.3. The molecular weight excluding hydrogens is 1060 g/mol. The minimum absolute atomic E-state index is 0.0881. The Hall–Kier alpha value is -7.25. The predicted octanol–water partition coefficient (Wildman–Crippen LogP) is 7.45. The van der Waals surface area contributed by atoms with E-state index in [2.05, 4.69) is 49.6 Å². The first-order valence-electron chi connectivity index (χ1n) is 23.5. The van der Waals surface area contributed by atoms with Crippen LogP contribution >= 0.6 is 0 Å². The average molecular weight is 1110 g/mol. The number of halogens is 8. The number of alkyl halides is 8. The number of hydrogen-bond donors (Lipinski definition) is 5. The number of nitrogens with two attached hydrogens (primary N) is 2. The number of rotatable bonds is 18. The number of fused-ring (bicyclic) bond motifs is 2. The van der Waals surface area contributed by atoms with E-state index in [9.17, 15) is 53.8 Å². The Labute approximate surface area is 436 Å².